The standard InChI is InChI=1S/C9H15N3O6/c1-6(2)9(15)17-5-18-10-12(16)11-4-3-7(11)8(13)14/h6-7H,3-5H2,1-2H3,(H,13,14). The van der Waals surface area contributed by atoms with Crippen LogP contribution >= 0.6 is 0 Å². The quantitative estimate of drug-likeness (QED) is 0.180. The minimum Gasteiger partial charge on any atom is -0.569 e. The molecule has 1 aliphatic rings. The molecular weight excluding hydrogens is 246 g/mol. The highest BCUT2D eigenvalue weighted by molar-refractivity contribution is 5.74. The van der Waals surface area contributed by atoms with Crippen molar-refractivity contribution < 1.29 is 29.2 Å². The van der Waals surface area contributed by atoms with Crippen molar-refractivity contribution in [1.82, 2.24) is 5.01 Å². The SMILES string of the molecule is CC(C)C(=O)OCON=[N+]([O-])N1CCC1C(=O)O. The Morgan fingerprint density at radius 1 is 1.61 bits per heavy atom. The van der Waals surface area contributed by atoms with Gasteiger partial charge in [-0.25, -0.2) is 4.79 Å². The molecule has 0 aliphatic carbocycles. The largest absolute Gasteiger partial charge is 0.569 e. The number of nitrogens with zero attached hydrogens (tertiary/aromatic N) is 3. The van der Waals surface area contributed by atoms with Crippen LogP contribution in [0.25, 0.3) is 0 Å². The summed E-state index contributed by atoms with van der Waals surface area (Å²) >= 11 is 0. The van der Waals surface area contributed by atoms with Crippen molar-refractivity contribution in [3.05, 3.63) is 5.21 Å². The minimum absolute atomic E-state index is 0.0471. The molecule has 1 rings (SSSR count). The Bertz CT molecular complexity index is 356. The van der Waals surface area contributed by atoms with Gasteiger partial charge in [-0.15, -0.1) is 5.01 Å². The summed E-state index contributed by atoms with van der Waals surface area (Å²) in [7, 11) is 0. The maximum Gasteiger partial charge on any atom is 0.332 e. The minimum atomic E-state index is -1.09. The second kappa shape index (κ2) is 6.03. The van der Waals surface area contributed by atoms with Crippen LogP contribution in [0.4, 0.5) is 0 Å². The molecule has 1 aliphatic heterocycles. The first-order valence-corrected chi connectivity index (χ1v) is 5.39. The van der Waals surface area contributed by atoms with Gasteiger partial charge in [0.2, 0.25) is 5.28 Å². The van der Waals surface area contributed by atoms with Crippen molar-refractivity contribution >= 4 is 11.9 Å². The van der Waals surface area contributed by atoms with Crippen molar-refractivity contribution in [3.63, 3.8) is 0 Å². The number of carbonyl (C=O) groups is 2. The molecule has 0 saturated carbocycles. The molecule has 1 N–H and O–H groups in total. The fourth-order valence-electron chi connectivity index (χ4n) is 1.20. The molecule has 0 aromatic rings. The number of hydrogen-bond donors (Lipinski definition) is 1. The summed E-state index contributed by atoms with van der Waals surface area (Å²) in [6.45, 7) is 3.11. The number of esters is 1. The monoisotopic (exact) mass is 261 g/mol. The lowest BCUT2D eigenvalue weighted by atomic mass is 10.1. The third-order valence-electron chi connectivity index (χ3n) is 2.35. The molecule has 0 bridgehead atoms. The molecule has 18 heavy (non-hydrogen) atoms. The van der Waals surface area contributed by atoms with E-state index in [1.165, 1.54) is 0 Å². The van der Waals surface area contributed by atoms with E-state index in [2.05, 4.69) is 14.9 Å². The Labute approximate surface area is 103 Å². The fraction of sp³-hybridized carbons (Fsp3) is 0.778. The smallest absolute Gasteiger partial charge is 0.332 e. The van der Waals surface area contributed by atoms with Gasteiger partial charge in [-0.2, -0.15) is 0 Å². The first-order chi connectivity index (χ1) is 8.43. The van der Waals surface area contributed by atoms with Crippen LogP contribution in [-0.4, -0.2) is 46.4 Å². The third-order valence-corrected chi connectivity index (χ3v) is 2.35. The van der Waals surface area contributed by atoms with Gasteiger partial charge in [0.15, 0.2) is 6.04 Å². The van der Waals surface area contributed by atoms with E-state index in [1.54, 1.807) is 13.8 Å². The maximum atomic E-state index is 11.3. The van der Waals surface area contributed by atoms with Gasteiger partial charge in [0.1, 0.15) is 0 Å². The Morgan fingerprint density at radius 2 is 2.28 bits per heavy atom. The summed E-state index contributed by atoms with van der Waals surface area (Å²) in [6, 6.07) is -0.881. The molecule has 0 amide bonds. The van der Waals surface area contributed by atoms with Crippen LogP contribution in [0.15, 0.2) is 5.28 Å². The summed E-state index contributed by atoms with van der Waals surface area (Å²) in [4.78, 5) is 26.1. The number of aliphatic carboxylic acids is 1. The van der Waals surface area contributed by atoms with Crippen LogP contribution in [-0.2, 0) is 19.2 Å². The van der Waals surface area contributed by atoms with Gasteiger partial charge in [0.25, 0.3) is 6.79 Å². The molecule has 0 aromatic heterocycles. The number of hydrazine groups is 1. The first-order valence-electron chi connectivity index (χ1n) is 5.39. The number of carboxylic acids is 1. The van der Waals surface area contributed by atoms with Crippen LogP contribution in [0, 0.1) is 11.1 Å². The van der Waals surface area contributed by atoms with E-state index >= 15 is 0 Å². The molecular formula is C9H15N3O6. The Balaban J connectivity index is 2.30. The number of hydrogen-bond acceptors (Lipinski definition) is 6. The summed E-state index contributed by atoms with van der Waals surface area (Å²) in [5, 5.41) is 24.0. The zero-order valence-corrected chi connectivity index (χ0v) is 10.1. The Morgan fingerprint density at radius 3 is 2.72 bits per heavy atom. The molecule has 9 heteroatoms. The number of ether oxygens (including phenoxy) is 1. The second-order valence-corrected chi connectivity index (χ2v) is 4.01. The summed E-state index contributed by atoms with van der Waals surface area (Å²) in [5.41, 5.74) is 0. The summed E-state index contributed by atoms with van der Waals surface area (Å²) < 4.78 is 4.60. The lowest BCUT2D eigenvalue weighted by Gasteiger charge is -2.31. The zero-order valence-electron chi connectivity index (χ0n) is 10.1. The molecule has 0 spiro atoms. The second-order valence-electron chi connectivity index (χ2n) is 4.01. The average molecular weight is 261 g/mol. The molecule has 1 heterocycles. The zero-order chi connectivity index (χ0) is 13.7. The number of carbonyl (C=O) groups excluding carboxylic acids is 1. The molecule has 9 nitrogen and oxygen atoms in total. The first kappa shape index (κ1) is 14.0. The van der Waals surface area contributed by atoms with Crippen LogP contribution < -0.4 is 0 Å². The van der Waals surface area contributed by atoms with E-state index in [-0.39, 0.29) is 10.9 Å². The van der Waals surface area contributed by atoms with Gasteiger partial charge >= 0.3 is 11.9 Å². The average Bonchev–Trinajstić information content (AvgIpc) is 2.21. The normalized spacial score (nSPS) is 19.4. The summed E-state index contributed by atoms with van der Waals surface area (Å²) in [6.07, 6.45) is 0.381. The van der Waals surface area contributed by atoms with Gasteiger partial charge in [0, 0.05) is 6.42 Å². The van der Waals surface area contributed by atoms with Gasteiger partial charge in [-0.3, -0.25) is 4.79 Å². The van der Waals surface area contributed by atoms with Crippen LogP contribution in [0.1, 0.15) is 20.3 Å². The molecule has 1 saturated heterocycles. The highest BCUT2D eigenvalue weighted by atomic mass is 16.8. The highest BCUT2D eigenvalue weighted by Crippen LogP contribution is 2.17. The van der Waals surface area contributed by atoms with E-state index in [1.807, 2.05) is 0 Å². The van der Waals surface area contributed by atoms with E-state index in [9.17, 15) is 14.8 Å². The van der Waals surface area contributed by atoms with Crippen molar-refractivity contribution in [1.29, 1.82) is 0 Å². The van der Waals surface area contributed by atoms with E-state index in [0.29, 0.717) is 13.0 Å². The van der Waals surface area contributed by atoms with Crippen molar-refractivity contribution in [2.45, 2.75) is 26.3 Å². The highest BCUT2D eigenvalue weighted by Gasteiger charge is 2.41. The van der Waals surface area contributed by atoms with Crippen LogP contribution in [0.5, 0.6) is 0 Å². The van der Waals surface area contributed by atoms with Crippen LogP contribution in [0.2, 0.25) is 0 Å². The Kier molecular flexibility index (Phi) is 4.69. The van der Waals surface area contributed by atoms with E-state index < -0.39 is 24.8 Å². The number of carboxylic acid groups (broad SMARTS) is 1. The van der Waals surface area contributed by atoms with Gasteiger partial charge < -0.3 is 19.9 Å². The van der Waals surface area contributed by atoms with Crippen molar-refractivity contribution in [2.24, 2.45) is 11.2 Å². The van der Waals surface area contributed by atoms with Crippen molar-refractivity contribution in [3.8, 4) is 0 Å². The van der Waals surface area contributed by atoms with Gasteiger partial charge in [-0.1, -0.05) is 13.8 Å². The predicted octanol–water partition coefficient (Wildman–Crippen LogP) is 0.111. The maximum absolute atomic E-state index is 11.3. The van der Waals surface area contributed by atoms with E-state index in [4.69, 9.17) is 5.11 Å². The predicted molar refractivity (Wildman–Crippen MR) is 55.7 cm³/mol. The molecule has 102 valence electrons. The molecule has 1 unspecified atom stereocenters. The van der Waals surface area contributed by atoms with E-state index in [0.717, 1.165) is 5.01 Å². The Hall–Kier alpha value is -2.06. The van der Waals surface area contributed by atoms with Crippen molar-refractivity contribution in [2.75, 3.05) is 13.3 Å². The third kappa shape index (κ3) is 3.47. The number of rotatable bonds is 6. The molecule has 1 atom stereocenters. The van der Waals surface area contributed by atoms with Gasteiger partial charge in [-0.05, 0) is 0 Å². The lowest BCUT2D eigenvalue weighted by Crippen LogP contribution is -2.55. The molecule has 0 aromatic carbocycles. The topological polar surface area (TPSA) is 114 Å². The molecule has 0 radical (unpaired) electrons. The summed E-state index contributed by atoms with van der Waals surface area (Å²) in [5.74, 6) is -1.87. The fourth-order valence-corrected chi connectivity index (χ4v) is 1.20. The lowest BCUT2D eigenvalue weighted by molar-refractivity contribution is -0.729. The molecule has 1 fully saturated rings. The van der Waals surface area contributed by atoms with Crippen LogP contribution in [0.3, 0.4) is 0 Å². The van der Waals surface area contributed by atoms with Gasteiger partial charge in [0.05, 0.1) is 17.4 Å².